The number of hydrogen-bond donors (Lipinski definition) is 0. The molecule has 96 heavy (non-hydrogen) atoms. The summed E-state index contributed by atoms with van der Waals surface area (Å²) in [5.74, 6) is 0. The molecule has 1 unspecified atom stereocenters. The smallest absolute Gasteiger partial charge is 0.160 e. The lowest BCUT2D eigenvalue weighted by molar-refractivity contribution is 0.590. The number of nitrogens with zero attached hydrogens (tertiary/aromatic N) is 3. The molecule has 2 heterocycles. The fraction of sp³-hybridized carbons (Fsp3) is 0.209. The Hall–Kier alpha value is -10.4. The monoisotopic (exact) mass is 1250 g/mol. The molecule has 12 aromatic carbocycles. The van der Waals surface area contributed by atoms with Gasteiger partial charge in [-0.3, -0.25) is 0 Å². The maximum Gasteiger partial charge on any atom is 0.160 e. The summed E-state index contributed by atoms with van der Waals surface area (Å²) in [5.41, 5.74) is 25.5. The highest BCUT2D eigenvalue weighted by Crippen LogP contribution is 2.65. The average Bonchev–Trinajstić information content (AvgIpc) is 1.50. The number of rotatable bonds is 11. The van der Waals surface area contributed by atoms with E-state index in [0.29, 0.717) is 0 Å². The minimum absolute atomic E-state index is 0.0124. The molecular weight excluding hydrogens is 1170 g/mol. The molecule has 0 amide bonds. The van der Waals surface area contributed by atoms with E-state index in [1.54, 1.807) is 0 Å². The van der Waals surface area contributed by atoms with Crippen LogP contribution in [0.25, 0.3) is 55.0 Å². The van der Waals surface area contributed by atoms with Crippen LogP contribution < -0.4 is 14.7 Å². The van der Waals surface area contributed by atoms with Crippen molar-refractivity contribution in [2.75, 3.05) is 14.7 Å². The molecule has 0 saturated carbocycles. The summed E-state index contributed by atoms with van der Waals surface area (Å²) >= 11 is 0. The summed E-state index contributed by atoms with van der Waals surface area (Å²) in [6.07, 6.45) is 0. The van der Waals surface area contributed by atoms with Gasteiger partial charge in [0.15, 0.2) is 5.58 Å². The molecule has 0 spiro atoms. The van der Waals surface area contributed by atoms with E-state index in [4.69, 9.17) is 8.83 Å². The summed E-state index contributed by atoms with van der Waals surface area (Å²) < 4.78 is 15.2. The predicted molar refractivity (Wildman–Crippen MR) is 407 cm³/mol. The Labute approximate surface area is 566 Å². The lowest BCUT2D eigenvalue weighted by atomic mass is 9.66. The molecule has 1 atom stereocenters. The van der Waals surface area contributed by atoms with Crippen molar-refractivity contribution in [2.24, 2.45) is 0 Å². The maximum atomic E-state index is 7.72. The van der Waals surface area contributed by atoms with E-state index in [0.717, 1.165) is 123 Å². The van der Waals surface area contributed by atoms with Gasteiger partial charge >= 0.3 is 0 Å². The maximum absolute atomic E-state index is 7.72. The van der Waals surface area contributed by atoms with Crippen LogP contribution in [0.3, 0.4) is 0 Å². The lowest BCUT2D eigenvalue weighted by Gasteiger charge is -2.37. The van der Waals surface area contributed by atoms with Gasteiger partial charge in [0.25, 0.3) is 0 Å². The first-order valence-electron chi connectivity index (χ1n) is 34.1. The van der Waals surface area contributed by atoms with Gasteiger partial charge in [0, 0.05) is 67.1 Å². The first kappa shape index (κ1) is 61.8. The number of aryl methyl sites for hydroxylation is 2. The zero-order valence-electron chi connectivity index (χ0n) is 58.0. The van der Waals surface area contributed by atoms with Crippen LogP contribution >= 0.6 is 0 Å². The third kappa shape index (κ3) is 10.4. The topological polar surface area (TPSA) is 36.0 Å². The highest BCUT2D eigenvalue weighted by Gasteiger charge is 2.51. The van der Waals surface area contributed by atoms with Crippen LogP contribution in [0, 0.1) is 13.8 Å². The fourth-order valence-electron chi connectivity index (χ4n) is 15.0. The molecule has 0 N–H and O–H groups in total. The van der Waals surface area contributed by atoms with Crippen LogP contribution in [0.5, 0.6) is 0 Å². The molecule has 15 rings (SSSR count). The minimum Gasteiger partial charge on any atom is -0.455 e. The van der Waals surface area contributed by atoms with Gasteiger partial charge in [-0.15, -0.1) is 0 Å². The van der Waals surface area contributed by atoms with Gasteiger partial charge in [-0.2, -0.15) is 0 Å². The molecule has 1 aliphatic rings. The molecule has 0 aliphatic heterocycles. The molecule has 5 heteroatoms. The van der Waals surface area contributed by atoms with E-state index in [2.05, 4.69) is 372 Å². The highest BCUT2D eigenvalue weighted by atomic mass is 16.3. The Morgan fingerprint density at radius 2 is 0.646 bits per heavy atom. The van der Waals surface area contributed by atoms with Gasteiger partial charge in [-0.1, -0.05) is 240 Å². The van der Waals surface area contributed by atoms with E-state index >= 15 is 0 Å². The van der Waals surface area contributed by atoms with Crippen LogP contribution in [-0.4, -0.2) is 0 Å². The zero-order chi connectivity index (χ0) is 66.8. The number of para-hydroxylation sites is 4. The Balaban J connectivity index is 1.12. The molecule has 0 radical (unpaired) electrons. The highest BCUT2D eigenvalue weighted by molar-refractivity contribution is 6.26. The molecule has 14 aromatic rings. The first-order chi connectivity index (χ1) is 46.0. The molecule has 0 bridgehead atoms. The van der Waals surface area contributed by atoms with Crippen LogP contribution in [0.1, 0.15) is 139 Å². The van der Waals surface area contributed by atoms with Gasteiger partial charge in [0.05, 0.1) is 22.2 Å². The van der Waals surface area contributed by atoms with Crippen molar-refractivity contribution in [3.8, 4) is 11.1 Å². The van der Waals surface area contributed by atoms with Crippen LogP contribution in [0.2, 0.25) is 0 Å². The number of hydrogen-bond acceptors (Lipinski definition) is 5. The van der Waals surface area contributed by atoms with Crippen LogP contribution in [0.15, 0.2) is 270 Å². The summed E-state index contributed by atoms with van der Waals surface area (Å²) in [7, 11) is 0. The average molecular weight is 1250 g/mol. The second-order valence-electron chi connectivity index (χ2n) is 30.7. The summed E-state index contributed by atoms with van der Waals surface area (Å²) in [6.45, 7) is 32.0. The van der Waals surface area contributed by atoms with E-state index in [-0.39, 0.29) is 21.7 Å². The molecule has 476 valence electrons. The third-order valence-corrected chi connectivity index (χ3v) is 20.1. The van der Waals surface area contributed by atoms with E-state index in [9.17, 15) is 0 Å². The van der Waals surface area contributed by atoms with Crippen molar-refractivity contribution in [1.29, 1.82) is 0 Å². The zero-order valence-corrected chi connectivity index (χ0v) is 58.0. The second kappa shape index (κ2) is 22.9. The second-order valence-corrected chi connectivity index (χ2v) is 30.7. The van der Waals surface area contributed by atoms with Crippen molar-refractivity contribution in [1.82, 2.24) is 0 Å². The van der Waals surface area contributed by atoms with E-state index in [1.807, 2.05) is 0 Å². The van der Waals surface area contributed by atoms with Gasteiger partial charge in [-0.25, -0.2) is 0 Å². The number of anilines is 9. The van der Waals surface area contributed by atoms with Crippen molar-refractivity contribution in [2.45, 2.75) is 124 Å². The SMILES string of the molecule is Cc1ccc(C)c(C2(c3ccc(N(c4ccc(C(C)(C)C)cc4)c4ccc(C(C)(C)C)cc4)cc3)c3cc(N(c4ccccc4)c4ccc(C(C)(C)C)cc4)c4c(oc5ccccc54)c3-c3c2cc(N(c2ccccc2)c2ccc(C(C)(C)C)cc2)c2oc4ccccc4c32)c1. The molecule has 5 nitrogen and oxygen atoms in total. The van der Waals surface area contributed by atoms with Crippen LogP contribution in [-0.2, 0) is 27.1 Å². The largest absolute Gasteiger partial charge is 0.455 e. The Morgan fingerprint density at radius 3 is 1.09 bits per heavy atom. The Bertz CT molecular complexity index is 5190. The number of benzene rings is 12. The van der Waals surface area contributed by atoms with Crippen LogP contribution in [0.4, 0.5) is 51.2 Å². The quantitative estimate of drug-likeness (QED) is 0.129. The van der Waals surface area contributed by atoms with Crippen molar-refractivity contribution in [3.05, 3.63) is 316 Å². The van der Waals surface area contributed by atoms with Gasteiger partial charge in [0.1, 0.15) is 16.7 Å². The first-order valence-corrected chi connectivity index (χ1v) is 34.1. The van der Waals surface area contributed by atoms with Crippen molar-refractivity contribution < 1.29 is 8.83 Å². The Kier molecular flexibility index (Phi) is 14.8. The third-order valence-electron chi connectivity index (χ3n) is 20.1. The molecular formula is C91H85N3O2. The summed E-state index contributed by atoms with van der Waals surface area (Å²) in [6, 6.07) is 97.4. The van der Waals surface area contributed by atoms with E-state index in [1.165, 1.54) is 38.9 Å². The normalized spacial score (nSPS) is 14.2. The molecule has 0 fully saturated rings. The summed E-state index contributed by atoms with van der Waals surface area (Å²) in [4.78, 5) is 7.31. The van der Waals surface area contributed by atoms with Gasteiger partial charge < -0.3 is 23.5 Å². The minimum atomic E-state index is -1.02. The lowest BCUT2D eigenvalue weighted by Crippen LogP contribution is -2.30. The predicted octanol–water partition coefficient (Wildman–Crippen LogP) is 26.1. The van der Waals surface area contributed by atoms with Crippen molar-refractivity contribution in [3.63, 3.8) is 0 Å². The van der Waals surface area contributed by atoms with E-state index < -0.39 is 5.41 Å². The molecule has 1 aliphatic carbocycles. The van der Waals surface area contributed by atoms with Crippen molar-refractivity contribution >= 4 is 95.1 Å². The van der Waals surface area contributed by atoms with Gasteiger partial charge in [0.2, 0.25) is 0 Å². The summed E-state index contributed by atoms with van der Waals surface area (Å²) in [5, 5.41) is 4.14. The van der Waals surface area contributed by atoms with Gasteiger partial charge in [-0.05, 0) is 195 Å². The Morgan fingerprint density at radius 1 is 0.292 bits per heavy atom. The fourth-order valence-corrected chi connectivity index (χ4v) is 15.0. The number of furan rings is 2. The standard InChI is InChI=1S/C91H85N3O2/c1-58-33-34-59(2)74(55-58)91(64-43-53-69(54-44-64)92(67-45-35-60(36-46-67)87(3,4)5)68-47-37-61(38-48-68)88(6,7)8)75-57-78(94(66-27-19-16-20-28-66)71-51-41-63(42-52-71)90(12,13)14)85-82(73-30-22-24-32-80(73)95-85)83(75)84-76(91)56-77(81-72-29-21-23-31-79(72)96-86(81)84)93(65-25-17-15-18-26-65)70-49-39-62(40-50-70)89(9,10)11/h15-57H,1-14H3. The molecule has 0 saturated heterocycles. The molecule has 2 aromatic heterocycles. The number of fused-ring (bicyclic) bond motifs is 11.